The molecule has 0 bridgehead atoms. The normalized spacial score (nSPS) is 16.4. The summed E-state index contributed by atoms with van der Waals surface area (Å²) < 4.78 is 10.7. The molecule has 0 spiro atoms. The van der Waals surface area contributed by atoms with E-state index in [0.717, 1.165) is 30.7 Å². The van der Waals surface area contributed by atoms with E-state index in [1.54, 1.807) is 6.07 Å². The number of rotatable bonds is 5. The van der Waals surface area contributed by atoms with E-state index < -0.39 is 0 Å². The SMILES string of the molecule is Cc1nonc1[C@@H]1CCCN1C(=O)c1ccc2oc(CCc3ccccc3)nc2c1. The summed E-state index contributed by atoms with van der Waals surface area (Å²) in [6.07, 6.45) is 3.36. The predicted octanol–water partition coefficient (Wildman–Crippen LogP) is 4.28. The summed E-state index contributed by atoms with van der Waals surface area (Å²) in [7, 11) is 0. The second-order valence-electron chi connectivity index (χ2n) is 7.67. The second kappa shape index (κ2) is 7.74. The highest BCUT2D eigenvalue weighted by atomic mass is 16.6. The van der Waals surface area contributed by atoms with Crippen LogP contribution in [0.2, 0.25) is 0 Å². The van der Waals surface area contributed by atoms with Crippen molar-refractivity contribution in [3.05, 3.63) is 76.9 Å². The Labute approximate surface area is 173 Å². The van der Waals surface area contributed by atoms with Crippen LogP contribution in [-0.4, -0.2) is 32.6 Å². The Bertz CT molecular complexity index is 1180. The molecule has 1 amide bonds. The van der Waals surface area contributed by atoms with Crippen LogP contribution in [0.15, 0.2) is 57.6 Å². The third kappa shape index (κ3) is 3.47. The Morgan fingerprint density at radius 3 is 2.80 bits per heavy atom. The topological polar surface area (TPSA) is 85.3 Å². The third-order valence-corrected chi connectivity index (χ3v) is 5.67. The monoisotopic (exact) mass is 402 g/mol. The number of hydrogen-bond donors (Lipinski definition) is 0. The molecule has 2 aromatic carbocycles. The average Bonchev–Trinajstić information content (AvgIpc) is 3.50. The van der Waals surface area contributed by atoms with Gasteiger partial charge in [-0.2, -0.15) is 0 Å². The summed E-state index contributed by atoms with van der Waals surface area (Å²) in [5.74, 6) is 0.650. The number of benzene rings is 2. The van der Waals surface area contributed by atoms with Gasteiger partial charge in [-0.15, -0.1) is 0 Å². The number of likely N-dealkylation sites (tertiary alicyclic amines) is 1. The van der Waals surface area contributed by atoms with Gasteiger partial charge in [0, 0.05) is 18.5 Å². The molecule has 1 fully saturated rings. The van der Waals surface area contributed by atoms with Crippen molar-refractivity contribution in [1.82, 2.24) is 20.2 Å². The van der Waals surface area contributed by atoms with Gasteiger partial charge < -0.3 is 9.32 Å². The molecule has 2 aromatic heterocycles. The fourth-order valence-electron chi connectivity index (χ4n) is 4.11. The largest absolute Gasteiger partial charge is 0.441 e. The molecule has 1 aliphatic rings. The molecule has 4 aromatic rings. The van der Waals surface area contributed by atoms with Gasteiger partial charge in [0.15, 0.2) is 11.5 Å². The standard InChI is InChI=1S/C23H22N4O3/c1-15-22(26-30-25-15)19-8-5-13-27(19)23(28)17-10-11-20-18(14-17)24-21(29-20)12-9-16-6-3-2-4-7-16/h2-4,6-7,10-11,14,19H,5,8-9,12-13H2,1H3/t19-/m0/s1. The second-order valence-corrected chi connectivity index (χ2v) is 7.67. The van der Waals surface area contributed by atoms with Crippen molar-refractivity contribution in [2.45, 2.75) is 38.6 Å². The lowest BCUT2D eigenvalue weighted by Gasteiger charge is -2.23. The van der Waals surface area contributed by atoms with Gasteiger partial charge in [-0.3, -0.25) is 4.79 Å². The fraction of sp³-hybridized carbons (Fsp3) is 0.304. The molecule has 7 nitrogen and oxygen atoms in total. The molecule has 7 heteroatoms. The first-order valence-electron chi connectivity index (χ1n) is 10.2. The number of hydrogen-bond acceptors (Lipinski definition) is 6. The van der Waals surface area contributed by atoms with E-state index in [9.17, 15) is 4.79 Å². The first-order chi connectivity index (χ1) is 14.7. The highest BCUT2D eigenvalue weighted by molar-refractivity contribution is 5.97. The summed E-state index contributed by atoms with van der Waals surface area (Å²) in [6, 6.07) is 15.6. The van der Waals surface area contributed by atoms with Crippen molar-refractivity contribution in [2.75, 3.05) is 6.54 Å². The lowest BCUT2D eigenvalue weighted by Crippen LogP contribution is -2.31. The zero-order chi connectivity index (χ0) is 20.5. The van der Waals surface area contributed by atoms with Crippen LogP contribution in [0.5, 0.6) is 0 Å². The minimum absolute atomic E-state index is 0.0318. The van der Waals surface area contributed by atoms with Crippen LogP contribution in [0.25, 0.3) is 11.1 Å². The van der Waals surface area contributed by atoms with Gasteiger partial charge in [0.1, 0.15) is 16.9 Å². The number of oxazole rings is 1. The summed E-state index contributed by atoms with van der Waals surface area (Å²) in [6.45, 7) is 2.54. The van der Waals surface area contributed by atoms with Crippen LogP contribution >= 0.6 is 0 Å². The molecular weight excluding hydrogens is 380 g/mol. The predicted molar refractivity (Wildman–Crippen MR) is 110 cm³/mol. The number of fused-ring (bicyclic) bond motifs is 1. The van der Waals surface area contributed by atoms with Gasteiger partial charge >= 0.3 is 0 Å². The molecule has 30 heavy (non-hydrogen) atoms. The van der Waals surface area contributed by atoms with Crippen molar-refractivity contribution in [3.8, 4) is 0 Å². The minimum Gasteiger partial charge on any atom is -0.441 e. The molecule has 0 saturated carbocycles. The lowest BCUT2D eigenvalue weighted by molar-refractivity contribution is 0.0730. The number of carbonyl (C=O) groups is 1. The summed E-state index contributed by atoms with van der Waals surface area (Å²) in [5.41, 5.74) is 4.73. The number of nitrogens with zero attached hydrogens (tertiary/aromatic N) is 4. The van der Waals surface area contributed by atoms with Crippen molar-refractivity contribution in [2.24, 2.45) is 0 Å². The number of aryl methyl sites for hydroxylation is 3. The molecule has 1 atom stereocenters. The Kier molecular flexibility index (Phi) is 4.78. The van der Waals surface area contributed by atoms with E-state index >= 15 is 0 Å². The van der Waals surface area contributed by atoms with E-state index in [4.69, 9.17) is 9.05 Å². The van der Waals surface area contributed by atoms with Crippen LogP contribution < -0.4 is 0 Å². The van der Waals surface area contributed by atoms with Crippen molar-refractivity contribution in [3.63, 3.8) is 0 Å². The zero-order valence-electron chi connectivity index (χ0n) is 16.7. The summed E-state index contributed by atoms with van der Waals surface area (Å²) in [4.78, 5) is 19.7. The van der Waals surface area contributed by atoms with Crippen LogP contribution in [0.1, 0.15) is 52.1 Å². The van der Waals surface area contributed by atoms with Crippen molar-refractivity contribution in [1.29, 1.82) is 0 Å². The van der Waals surface area contributed by atoms with E-state index in [2.05, 4.69) is 27.4 Å². The van der Waals surface area contributed by atoms with E-state index in [0.29, 0.717) is 35.5 Å². The Morgan fingerprint density at radius 1 is 1.13 bits per heavy atom. The van der Waals surface area contributed by atoms with Crippen LogP contribution in [-0.2, 0) is 12.8 Å². The molecular formula is C23H22N4O3. The summed E-state index contributed by atoms with van der Waals surface area (Å²) >= 11 is 0. The molecule has 0 N–H and O–H groups in total. The molecule has 1 saturated heterocycles. The third-order valence-electron chi connectivity index (χ3n) is 5.67. The molecule has 1 aliphatic heterocycles. The molecule has 0 radical (unpaired) electrons. The highest BCUT2D eigenvalue weighted by Crippen LogP contribution is 2.33. The molecule has 3 heterocycles. The Hall–Kier alpha value is -3.48. The van der Waals surface area contributed by atoms with Gasteiger partial charge in [0.2, 0.25) is 0 Å². The van der Waals surface area contributed by atoms with Gasteiger partial charge in [0.05, 0.1) is 6.04 Å². The molecule has 5 rings (SSSR count). The number of amides is 1. The quantitative estimate of drug-likeness (QED) is 0.495. The van der Waals surface area contributed by atoms with Crippen molar-refractivity contribution >= 4 is 17.0 Å². The maximum absolute atomic E-state index is 13.2. The molecule has 0 aliphatic carbocycles. The van der Waals surface area contributed by atoms with Gasteiger partial charge in [-0.1, -0.05) is 40.6 Å². The summed E-state index contributed by atoms with van der Waals surface area (Å²) in [5, 5.41) is 7.88. The van der Waals surface area contributed by atoms with E-state index in [-0.39, 0.29) is 11.9 Å². The van der Waals surface area contributed by atoms with Crippen LogP contribution in [0.4, 0.5) is 0 Å². The van der Waals surface area contributed by atoms with E-state index in [1.165, 1.54) is 5.56 Å². The smallest absolute Gasteiger partial charge is 0.254 e. The molecule has 152 valence electrons. The van der Waals surface area contributed by atoms with Gasteiger partial charge in [-0.25, -0.2) is 9.61 Å². The Balaban J connectivity index is 1.35. The Morgan fingerprint density at radius 2 is 2.00 bits per heavy atom. The lowest BCUT2D eigenvalue weighted by atomic mass is 10.1. The number of aromatic nitrogens is 3. The first-order valence-corrected chi connectivity index (χ1v) is 10.2. The van der Waals surface area contributed by atoms with Crippen molar-refractivity contribution < 1.29 is 13.8 Å². The number of carbonyl (C=O) groups excluding carboxylic acids is 1. The zero-order valence-corrected chi connectivity index (χ0v) is 16.7. The van der Waals surface area contributed by atoms with Crippen LogP contribution in [0.3, 0.4) is 0 Å². The fourth-order valence-corrected chi connectivity index (χ4v) is 4.11. The molecule has 0 unspecified atom stereocenters. The maximum atomic E-state index is 13.2. The van der Waals surface area contributed by atoms with Crippen LogP contribution in [0, 0.1) is 6.92 Å². The van der Waals surface area contributed by atoms with E-state index in [1.807, 2.05) is 42.2 Å². The van der Waals surface area contributed by atoms with Gasteiger partial charge in [0.25, 0.3) is 5.91 Å². The maximum Gasteiger partial charge on any atom is 0.254 e. The first kappa shape index (κ1) is 18.5. The highest BCUT2D eigenvalue weighted by Gasteiger charge is 2.34. The minimum atomic E-state index is -0.0989. The average molecular weight is 402 g/mol. The van der Waals surface area contributed by atoms with Gasteiger partial charge in [-0.05, 0) is 49.9 Å².